The van der Waals surface area contributed by atoms with E-state index in [-0.39, 0.29) is 0 Å². The first-order valence-electron chi connectivity index (χ1n) is 10.5. The quantitative estimate of drug-likeness (QED) is 0.448. The van der Waals surface area contributed by atoms with Crippen molar-refractivity contribution >= 4 is 21.9 Å². The van der Waals surface area contributed by atoms with E-state index in [0.717, 1.165) is 32.1 Å². The number of carbonyl (C=O) groups excluding carboxylic acids is 1. The molecular formula is C23H30N2O4S. The molecule has 2 aromatic carbocycles. The summed E-state index contributed by atoms with van der Waals surface area (Å²) in [5.74, 6) is -0.445. The second kappa shape index (κ2) is 10.6. The summed E-state index contributed by atoms with van der Waals surface area (Å²) in [7, 11) is -2.30. The van der Waals surface area contributed by atoms with E-state index in [9.17, 15) is 13.2 Å². The monoisotopic (exact) mass is 430 g/mol. The largest absolute Gasteiger partial charge is 0.464 e. The lowest BCUT2D eigenvalue weighted by atomic mass is 10.1. The summed E-state index contributed by atoms with van der Waals surface area (Å²) in [5.41, 5.74) is 1.83. The molecule has 1 heterocycles. The van der Waals surface area contributed by atoms with Crippen LogP contribution in [-0.2, 0) is 26.2 Å². The zero-order valence-electron chi connectivity index (χ0n) is 17.4. The second-order valence-corrected chi connectivity index (χ2v) is 9.46. The van der Waals surface area contributed by atoms with Crippen LogP contribution in [0.2, 0.25) is 0 Å². The highest BCUT2D eigenvalue weighted by molar-refractivity contribution is 7.90. The zero-order valence-corrected chi connectivity index (χ0v) is 18.3. The molecule has 2 aromatic rings. The van der Waals surface area contributed by atoms with Gasteiger partial charge in [0.05, 0.1) is 12.3 Å². The van der Waals surface area contributed by atoms with Crippen molar-refractivity contribution in [1.29, 1.82) is 0 Å². The highest BCUT2D eigenvalue weighted by atomic mass is 32.2. The molecule has 1 aliphatic heterocycles. The molecule has 162 valence electrons. The lowest BCUT2D eigenvalue weighted by Crippen LogP contribution is -2.53. The molecule has 6 nitrogen and oxygen atoms in total. The molecular weight excluding hydrogens is 400 g/mol. The van der Waals surface area contributed by atoms with Gasteiger partial charge in [0, 0.05) is 13.6 Å². The van der Waals surface area contributed by atoms with E-state index in [1.54, 1.807) is 24.3 Å². The van der Waals surface area contributed by atoms with Gasteiger partial charge in [0.15, 0.2) is 0 Å². The molecule has 1 unspecified atom stereocenters. The van der Waals surface area contributed by atoms with Crippen LogP contribution >= 0.6 is 0 Å². The van der Waals surface area contributed by atoms with E-state index < -0.39 is 22.2 Å². The van der Waals surface area contributed by atoms with Gasteiger partial charge in [-0.1, -0.05) is 48.5 Å². The molecule has 3 rings (SSSR count). The third-order valence-corrected chi connectivity index (χ3v) is 7.37. The molecule has 1 fully saturated rings. The van der Waals surface area contributed by atoms with Crippen molar-refractivity contribution < 1.29 is 17.9 Å². The van der Waals surface area contributed by atoms with E-state index in [2.05, 4.69) is 12.1 Å². The summed E-state index contributed by atoms with van der Waals surface area (Å²) in [6, 6.07) is 18.3. The van der Waals surface area contributed by atoms with Crippen LogP contribution in [0, 0.1) is 0 Å². The van der Waals surface area contributed by atoms with Gasteiger partial charge in [-0.05, 0) is 56.2 Å². The first-order chi connectivity index (χ1) is 14.5. The van der Waals surface area contributed by atoms with Crippen molar-refractivity contribution in [1.82, 2.24) is 4.31 Å². The Labute approximate surface area is 179 Å². The Hall–Kier alpha value is -2.38. The summed E-state index contributed by atoms with van der Waals surface area (Å²) in [6.07, 6.45) is 4.65. The fourth-order valence-electron chi connectivity index (χ4n) is 3.69. The number of anilines is 1. The molecule has 0 spiro atoms. The van der Waals surface area contributed by atoms with Gasteiger partial charge in [-0.2, -0.15) is 12.7 Å². The molecule has 0 saturated carbocycles. The van der Waals surface area contributed by atoms with Gasteiger partial charge in [-0.15, -0.1) is 0 Å². The molecule has 0 aromatic heterocycles. The minimum atomic E-state index is -3.81. The van der Waals surface area contributed by atoms with Crippen LogP contribution in [0.3, 0.4) is 0 Å². The maximum Gasteiger partial charge on any atom is 0.324 e. The fourth-order valence-corrected chi connectivity index (χ4v) is 5.27. The maximum atomic E-state index is 13.2. The molecule has 7 heteroatoms. The van der Waals surface area contributed by atoms with Crippen LogP contribution in [0.4, 0.5) is 5.69 Å². The number of unbranched alkanes of at least 4 members (excludes halogenated alkanes) is 1. The topological polar surface area (TPSA) is 66.9 Å². The van der Waals surface area contributed by atoms with Gasteiger partial charge >= 0.3 is 16.2 Å². The summed E-state index contributed by atoms with van der Waals surface area (Å²) < 4.78 is 34.4. The summed E-state index contributed by atoms with van der Waals surface area (Å²) in [5, 5.41) is 0. The average Bonchev–Trinajstić information content (AvgIpc) is 2.79. The van der Waals surface area contributed by atoms with Crippen LogP contribution in [-0.4, -0.2) is 44.9 Å². The van der Waals surface area contributed by atoms with Gasteiger partial charge in [0.25, 0.3) is 0 Å². The van der Waals surface area contributed by atoms with Crippen molar-refractivity contribution in [2.45, 2.75) is 44.6 Å². The summed E-state index contributed by atoms with van der Waals surface area (Å²) in [4.78, 5) is 12.7. The molecule has 0 bridgehead atoms. The van der Waals surface area contributed by atoms with Crippen LogP contribution in [0.15, 0.2) is 60.7 Å². The molecule has 0 amide bonds. The Morgan fingerprint density at radius 1 is 1.03 bits per heavy atom. The number of hydrogen-bond acceptors (Lipinski definition) is 4. The number of carbonyl (C=O) groups is 1. The third kappa shape index (κ3) is 5.61. The molecule has 0 aliphatic carbocycles. The summed E-state index contributed by atoms with van der Waals surface area (Å²) in [6.45, 7) is 0.637. The molecule has 1 atom stereocenters. The molecule has 1 aliphatic rings. The van der Waals surface area contributed by atoms with Crippen molar-refractivity contribution in [3.05, 3.63) is 66.2 Å². The second-order valence-electron chi connectivity index (χ2n) is 7.54. The Morgan fingerprint density at radius 3 is 2.40 bits per heavy atom. The zero-order chi connectivity index (χ0) is 21.4. The van der Waals surface area contributed by atoms with Crippen molar-refractivity contribution in [3.8, 4) is 0 Å². The highest BCUT2D eigenvalue weighted by Crippen LogP contribution is 2.26. The van der Waals surface area contributed by atoms with Gasteiger partial charge in [-0.25, -0.2) is 0 Å². The van der Waals surface area contributed by atoms with Crippen molar-refractivity contribution in [2.75, 3.05) is 24.5 Å². The Kier molecular flexibility index (Phi) is 7.87. The van der Waals surface area contributed by atoms with E-state index in [0.29, 0.717) is 25.3 Å². The van der Waals surface area contributed by atoms with E-state index in [1.165, 1.54) is 21.2 Å². The number of aryl methyl sites for hydroxylation is 1. The minimum Gasteiger partial charge on any atom is -0.464 e. The van der Waals surface area contributed by atoms with Crippen LogP contribution in [0.25, 0.3) is 0 Å². The highest BCUT2D eigenvalue weighted by Gasteiger charge is 2.39. The first-order valence-corrected chi connectivity index (χ1v) is 11.9. The predicted molar refractivity (Wildman–Crippen MR) is 118 cm³/mol. The van der Waals surface area contributed by atoms with E-state index >= 15 is 0 Å². The Morgan fingerprint density at radius 2 is 1.70 bits per heavy atom. The van der Waals surface area contributed by atoms with Gasteiger partial charge in [0.1, 0.15) is 6.04 Å². The smallest absolute Gasteiger partial charge is 0.324 e. The first kappa shape index (κ1) is 22.3. The van der Waals surface area contributed by atoms with Gasteiger partial charge < -0.3 is 4.74 Å². The number of para-hydroxylation sites is 1. The normalized spacial score (nSPS) is 17.4. The lowest BCUT2D eigenvalue weighted by molar-refractivity contribution is -0.149. The number of benzene rings is 2. The molecule has 30 heavy (non-hydrogen) atoms. The average molecular weight is 431 g/mol. The van der Waals surface area contributed by atoms with E-state index in [1.807, 2.05) is 24.3 Å². The maximum absolute atomic E-state index is 13.2. The minimum absolute atomic E-state index is 0.310. The number of esters is 1. The predicted octanol–water partition coefficient (Wildman–Crippen LogP) is 3.79. The van der Waals surface area contributed by atoms with Gasteiger partial charge in [-0.3, -0.25) is 9.10 Å². The fraction of sp³-hybridized carbons (Fsp3) is 0.435. The van der Waals surface area contributed by atoms with Crippen molar-refractivity contribution in [2.24, 2.45) is 0 Å². The third-order valence-electron chi connectivity index (χ3n) is 5.43. The lowest BCUT2D eigenvalue weighted by Gasteiger charge is -2.36. The number of hydrogen-bond donors (Lipinski definition) is 0. The Balaban J connectivity index is 1.55. The van der Waals surface area contributed by atoms with Gasteiger partial charge in [0.2, 0.25) is 0 Å². The standard InChI is InChI=1S/C23H30N2O4S/c1-24(21-15-6-3-7-16-21)30(27,28)25-18-10-8-17-22(25)23(26)29-19-11-9-14-20-12-4-2-5-13-20/h2-7,12-13,15-16,22H,8-11,14,17-19H2,1H3. The summed E-state index contributed by atoms with van der Waals surface area (Å²) >= 11 is 0. The van der Waals surface area contributed by atoms with Crippen LogP contribution < -0.4 is 4.31 Å². The molecule has 1 saturated heterocycles. The van der Waals surface area contributed by atoms with Crippen molar-refractivity contribution in [3.63, 3.8) is 0 Å². The van der Waals surface area contributed by atoms with Crippen LogP contribution in [0.5, 0.6) is 0 Å². The SMILES string of the molecule is CN(c1ccccc1)S(=O)(=O)N1CCCCC1C(=O)OCCCCc1ccccc1. The number of piperidine rings is 1. The Bertz CT molecular complexity index is 903. The number of nitrogens with zero attached hydrogens (tertiary/aromatic N) is 2. The molecule has 0 N–H and O–H groups in total. The number of ether oxygens (including phenoxy) is 1. The number of rotatable bonds is 9. The van der Waals surface area contributed by atoms with E-state index in [4.69, 9.17) is 4.74 Å². The van der Waals surface area contributed by atoms with Crippen LogP contribution in [0.1, 0.15) is 37.7 Å². The molecule has 0 radical (unpaired) electrons.